The second-order valence-corrected chi connectivity index (χ2v) is 4.26. The molecule has 114 valence electrons. The highest BCUT2D eigenvalue weighted by atomic mass is 19.4. The third-order valence-corrected chi connectivity index (χ3v) is 2.58. The third-order valence-electron chi connectivity index (χ3n) is 2.58. The Labute approximate surface area is 105 Å². The summed E-state index contributed by atoms with van der Waals surface area (Å²) in [6.45, 7) is -0.342. The lowest BCUT2D eigenvalue weighted by atomic mass is 10.0. The molecule has 0 aromatic carbocycles. The number of hydrogen-bond donors (Lipinski definition) is 1. The van der Waals surface area contributed by atoms with E-state index >= 15 is 0 Å². The summed E-state index contributed by atoms with van der Waals surface area (Å²) >= 11 is 0. The second-order valence-electron chi connectivity index (χ2n) is 4.26. The second kappa shape index (κ2) is 6.27. The van der Waals surface area contributed by atoms with Gasteiger partial charge in [-0.15, -0.1) is 0 Å². The maximum atomic E-state index is 12.4. The molecule has 0 aromatic heterocycles. The molecule has 1 fully saturated rings. The van der Waals surface area contributed by atoms with Gasteiger partial charge in [-0.05, 0) is 12.8 Å². The van der Waals surface area contributed by atoms with E-state index in [4.69, 9.17) is 9.84 Å². The van der Waals surface area contributed by atoms with Crippen LogP contribution in [0.4, 0.5) is 26.3 Å². The molecule has 0 radical (unpaired) electrons. The molecule has 1 saturated heterocycles. The van der Waals surface area contributed by atoms with Crippen molar-refractivity contribution >= 4 is 0 Å². The molecule has 0 saturated carbocycles. The summed E-state index contributed by atoms with van der Waals surface area (Å²) in [5.41, 5.74) is 0. The van der Waals surface area contributed by atoms with Crippen molar-refractivity contribution in [2.45, 2.75) is 56.5 Å². The van der Waals surface area contributed by atoms with Crippen molar-refractivity contribution < 1.29 is 40.9 Å². The Morgan fingerprint density at radius 3 is 2.26 bits per heavy atom. The van der Waals surface area contributed by atoms with Gasteiger partial charge < -0.3 is 14.6 Å². The van der Waals surface area contributed by atoms with Gasteiger partial charge in [-0.25, -0.2) is 0 Å². The molecule has 1 aliphatic rings. The molecule has 1 aliphatic heterocycles. The first kappa shape index (κ1) is 16.5. The number of rotatable bonds is 4. The Bertz CT molecular complexity index is 277. The first-order valence-electron chi connectivity index (χ1n) is 5.68. The van der Waals surface area contributed by atoms with Gasteiger partial charge in [-0.3, -0.25) is 0 Å². The van der Waals surface area contributed by atoms with E-state index in [-0.39, 0.29) is 25.9 Å². The maximum absolute atomic E-state index is 12.4. The van der Waals surface area contributed by atoms with Gasteiger partial charge in [0, 0.05) is 12.8 Å². The summed E-state index contributed by atoms with van der Waals surface area (Å²) in [4.78, 5) is 0. The summed E-state index contributed by atoms with van der Waals surface area (Å²) in [6.07, 6.45) is -15.9. The fraction of sp³-hybridized carbons (Fsp3) is 1.00. The molecule has 0 aromatic rings. The summed E-state index contributed by atoms with van der Waals surface area (Å²) in [6, 6.07) is 0. The van der Waals surface area contributed by atoms with E-state index in [9.17, 15) is 26.3 Å². The standard InChI is InChI=1S/C10H14F6O3/c11-9(12,13)4-1-5-18-7-3-2-6(17)8(19-7)10(14,15)16/h6-8,17H,1-5H2/t6-,7-,8-/m1/s1. The molecule has 19 heavy (non-hydrogen) atoms. The lowest BCUT2D eigenvalue weighted by molar-refractivity contribution is -0.312. The van der Waals surface area contributed by atoms with Crippen LogP contribution < -0.4 is 0 Å². The van der Waals surface area contributed by atoms with Gasteiger partial charge in [0.25, 0.3) is 0 Å². The van der Waals surface area contributed by atoms with Crippen LogP contribution in [0.3, 0.4) is 0 Å². The van der Waals surface area contributed by atoms with Crippen LogP contribution >= 0.6 is 0 Å². The molecule has 0 unspecified atom stereocenters. The van der Waals surface area contributed by atoms with E-state index in [0.29, 0.717) is 0 Å². The SMILES string of the molecule is O[C@@H]1CC[C@H](OCCCC(F)(F)F)O[C@H]1C(F)(F)F. The van der Waals surface area contributed by atoms with Crippen molar-refractivity contribution in [3.8, 4) is 0 Å². The smallest absolute Gasteiger partial charge is 0.390 e. The summed E-state index contributed by atoms with van der Waals surface area (Å²) in [5, 5.41) is 9.15. The quantitative estimate of drug-likeness (QED) is 0.640. The van der Waals surface area contributed by atoms with Gasteiger partial charge in [0.05, 0.1) is 12.7 Å². The third kappa shape index (κ3) is 5.96. The number of ether oxygens (including phenoxy) is 2. The molecule has 0 amide bonds. The van der Waals surface area contributed by atoms with Crippen molar-refractivity contribution in [2.75, 3.05) is 6.61 Å². The maximum Gasteiger partial charge on any atom is 0.417 e. The molecular weight excluding hydrogens is 282 g/mol. The van der Waals surface area contributed by atoms with Crippen molar-refractivity contribution in [1.82, 2.24) is 0 Å². The lowest BCUT2D eigenvalue weighted by Gasteiger charge is -2.34. The average Bonchev–Trinajstić information content (AvgIpc) is 2.23. The lowest BCUT2D eigenvalue weighted by Crippen LogP contribution is -2.48. The van der Waals surface area contributed by atoms with Gasteiger partial charge in [0.1, 0.15) is 0 Å². The molecule has 0 aliphatic carbocycles. The highest BCUT2D eigenvalue weighted by Gasteiger charge is 2.49. The predicted octanol–water partition coefficient (Wildman–Crippen LogP) is 2.77. The number of aliphatic hydroxyl groups is 1. The fourth-order valence-corrected chi connectivity index (χ4v) is 1.69. The summed E-state index contributed by atoms with van der Waals surface area (Å²) < 4.78 is 82.1. The van der Waals surface area contributed by atoms with Crippen LogP contribution in [0.5, 0.6) is 0 Å². The number of hydrogen-bond acceptors (Lipinski definition) is 3. The van der Waals surface area contributed by atoms with Gasteiger partial charge in [0.15, 0.2) is 12.4 Å². The van der Waals surface area contributed by atoms with Gasteiger partial charge in [-0.1, -0.05) is 0 Å². The van der Waals surface area contributed by atoms with E-state index in [1.54, 1.807) is 0 Å². The summed E-state index contributed by atoms with van der Waals surface area (Å²) in [5.74, 6) is 0. The van der Waals surface area contributed by atoms with Crippen LogP contribution in [0, 0.1) is 0 Å². The number of alkyl halides is 6. The minimum Gasteiger partial charge on any atom is -0.390 e. The van der Waals surface area contributed by atoms with Crippen LogP contribution in [-0.2, 0) is 9.47 Å². The van der Waals surface area contributed by atoms with Crippen LogP contribution in [0.25, 0.3) is 0 Å². The average molecular weight is 296 g/mol. The van der Waals surface area contributed by atoms with Gasteiger partial charge in [0.2, 0.25) is 0 Å². The Balaban J connectivity index is 2.32. The topological polar surface area (TPSA) is 38.7 Å². The highest BCUT2D eigenvalue weighted by Crippen LogP contribution is 2.32. The van der Waals surface area contributed by atoms with Gasteiger partial charge >= 0.3 is 12.4 Å². The van der Waals surface area contributed by atoms with Crippen molar-refractivity contribution in [1.29, 1.82) is 0 Å². The van der Waals surface area contributed by atoms with Crippen molar-refractivity contribution in [3.63, 3.8) is 0 Å². The number of aliphatic hydroxyl groups excluding tert-OH is 1. The zero-order valence-electron chi connectivity index (χ0n) is 9.80. The van der Waals surface area contributed by atoms with E-state index in [2.05, 4.69) is 4.74 Å². The Morgan fingerprint density at radius 2 is 1.74 bits per heavy atom. The largest absolute Gasteiger partial charge is 0.417 e. The van der Waals surface area contributed by atoms with E-state index < -0.39 is 37.3 Å². The Hall–Kier alpha value is -0.540. The van der Waals surface area contributed by atoms with E-state index in [0.717, 1.165) is 0 Å². The van der Waals surface area contributed by atoms with E-state index in [1.165, 1.54) is 0 Å². The van der Waals surface area contributed by atoms with Crippen LogP contribution in [0.2, 0.25) is 0 Å². The van der Waals surface area contributed by atoms with Crippen LogP contribution in [-0.4, -0.2) is 42.6 Å². The molecule has 0 spiro atoms. The minimum absolute atomic E-state index is 0.0137. The molecule has 1 N–H and O–H groups in total. The molecule has 0 bridgehead atoms. The summed E-state index contributed by atoms with van der Waals surface area (Å²) in [7, 11) is 0. The highest BCUT2D eigenvalue weighted by molar-refractivity contribution is 4.81. The number of halogens is 6. The Morgan fingerprint density at radius 1 is 1.11 bits per heavy atom. The van der Waals surface area contributed by atoms with Crippen molar-refractivity contribution in [2.24, 2.45) is 0 Å². The first-order valence-corrected chi connectivity index (χ1v) is 5.68. The molecule has 1 rings (SSSR count). The molecular formula is C10H14F6O3. The van der Waals surface area contributed by atoms with Crippen LogP contribution in [0.1, 0.15) is 25.7 Å². The normalized spacial score (nSPS) is 29.5. The molecule has 9 heteroatoms. The fourth-order valence-electron chi connectivity index (χ4n) is 1.69. The first-order chi connectivity index (χ1) is 8.59. The molecule has 3 atom stereocenters. The Kier molecular flexibility index (Phi) is 5.45. The zero-order chi connectivity index (χ0) is 14.7. The molecule has 1 heterocycles. The minimum atomic E-state index is -4.73. The van der Waals surface area contributed by atoms with Crippen molar-refractivity contribution in [3.05, 3.63) is 0 Å². The van der Waals surface area contributed by atoms with Gasteiger partial charge in [-0.2, -0.15) is 26.3 Å². The van der Waals surface area contributed by atoms with Crippen LogP contribution in [0.15, 0.2) is 0 Å². The zero-order valence-corrected chi connectivity index (χ0v) is 9.80. The van der Waals surface area contributed by atoms with E-state index in [1.807, 2.05) is 0 Å². The monoisotopic (exact) mass is 296 g/mol. The predicted molar refractivity (Wildman–Crippen MR) is 51.2 cm³/mol. The molecule has 3 nitrogen and oxygen atoms in total.